The zero-order valence-electron chi connectivity index (χ0n) is 13.6. The minimum atomic E-state index is -0.347. The molecule has 0 spiro atoms. The number of benzene rings is 1. The minimum absolute atomic E-state index is 0.124. The van der Waals surface area contributed by atoms with Crippen LogP contribution in [0, 0.1) is 19.7 Å². The fourth-order valence-corrected chi connectivity index (χ4v) is 2.21. The molecule has 23 heavy (non-hydrogen) atoms. The van der Waals surface area contributed by atoms with Gasteiger partial charge in [0.15, 0.2) is 0 Å². The van der Waals surface area contributed by atoms with E-state index in [2.05, 4.69) is 10.5 Å². The predicted molar refractivity (Wildman–Crippen MR) is 83.8 cm³/mol. The van der Waals surface area contributed by atoms with E-state index in [0.29, 0.717) is 24.5 Å². The number of nitrogens with zero attached hydrogens (tertiary/aromatic N) is 1. The average molecular weight is 320 g/mol. The maximum Gasteiger partial charge on any atom is 0.224 e. The largest absolute Gasteiger partial charge is 0.489 e. The van der Waals surface area contributed by atoms with E-state index in [4.69, 9.17) is 9.26 Å². The number of ether oxygens (including phenoxy) is 1. The van der Waals surface area contributed by atoms with Gasteiger partial charge in [-0.25, -0.2) is 4.39 Å². The van der Waals surface area contributed by atoms with Crippen LogP contribution in [-0.4, -0.2) is 23.7 Å². The van der Waals surface area contributed by atoms with Crippen molar-refractivity contribution in [3.63, 3.8) is 0 Å². The summed E-state index contributed by atoms with van der Waals surface area (Å²) in [7, 11) is 0. The van der Waals surface area contributed by atoms with E-state index >= 15 is 0 Å². The van der Waals surface area contributed by atoms with Crippen molar-refractivity contribution in [3.8, 4) is 5.75 Å². The number of aromatic nitrogens is 1. The Hall–Kier alpha value is -2.37. The standard InChI is InChI=1S/C17H21FN2O3/c1-4-14(22-15-7-5-6-13(18)8-15)10-19-17(21)9-16-11(2)20-23-12(16)3/h5-8,14H,4,9-10H2,1-3H3,(H,19,21)/t14-/m1/s1. The Balaban J connectivity index is 1.86. The third kappa shape index (κ3) is 4.81. The van der Waals surface area contributed by atoms with Gasteiger partial charge in [-0.3, -0.25) is 4.79 Å². The van der Waals surface area contributed by atoms with Crippen LogP contribution in [0.4, 0.5) is 4.39 Å². The molecule has 1 N–H and O–H groups in total. The monoisotopic (exact) mass is 320 g/mol. The van der Waals surface area contributed by atoms with E-state index in [0.717, 1.165) is 11.3 Å². The maximum atomic E-state index is 13.2. The van der Waals surface area contributed by atoms with E-state index in [1.54, 1.807) is 26.0 Å². The maximum absolute atomic E-state index is 13.2. The lowest BCUT2D eigenvalue weighted by molar-refractivity contribution is -0.120. The minimum Gasteiger partial charge on any atom is -0.489 e. The quantitative estimate of drug-likeness (QED) is 0.852. The van der Waals surface area contributed by atoms with Crippen molar-refractivity contribution >= 4 is 5.91 Å². The third-order valence-electron chi connectivity index (χ3n) is 3.60. The summed E-state index contributed by atoms with van der Waals surface area (Å²) in [4.78, 5) is 12.0. The van der Waals surface area contributed by atoms with Crippen LogP contribution in [-0.2, 0) is 11.2 Å². The van der Waals surface area contributed by atoms with Gasteiger partial charge in [0.1, 0.15) is 23.4 Å². The van der Waals surface area contributed by atoms with Gasteiger partial charge >= 0.3 is 0 Å². The van der Waals surface area contributed by atoms with Crippen molar-refractivity contribution in [2.24, 2.45) is 0 Å². The third-order valence-corrected chi connectivity index (χ3v) is 3.60. The molecule has 124 valence electrons. The molecule has 0 fully saturated rings. The Bertz CT molecular complexity index is 650. The number of carbonyl (C=O) groups is 1. The normalized spacial score (nSPS) is 12.0. The second kappa shape index (κ2) is 7.76. The number of hydrogen-bond donors (Lipinski definition) is 1. The summed E-state index contributed by atoms with van der Waals surface area (Å²) in [5.41, 5.74) is 1.53. The predicted octanol–water partition coefficient (Wildman–Crippen LogP) is 2.95. The molecule has 0 radical (unpaired) electrons. The highest BCUT2D eigenvalue weighted by Crippen LogP contribution is 2.15. The van der Waals surface area contributed by atoms with E-state index in [1.165, 1.54) is 12.1 Å². The van der Waals surface area contributed by atoms with Crippen molar-refractivity contribution in [1.29, 1.82) is 0 Å². The van der Waals surface area contributed by atoms with Crippen LogP contribution < -0.4 is 10.1 Å². The summed E-state index contributed by atoms with van der Waals surface area (Å²) in [6.45, 7) is 5.89. The molecule has 0 saturated heterocycles. The van der Waals surface area contributed by atoms with Gasteiger partial charge in [-0.1, -0.05) is 18.1 Å². The fourth-order valence-electron chi connectivity index (χ4n) is 2.21. The lowest BCUT2D eigenvalue weighted by Crippen LogP contribution is -2.35. The Labute approximate surface area is 134 Å². The van der Waals surface area contributed by atoms with Gasteiger partial charge in [-0.15, -0.1) is 0 Å². The average Bonchev–Trinajstić information content (AvgIpc) is 2.83. The van der Waals surface area contributed by atoms with Gasteiger partial charge in [0.05, 0.1) is 18.7 Å². The molecular weight excluding hydrogens is 299 g/mol. The summed E-state index contributed by atoms with van der Waals surface area (Å²) in [5.74, 6) is 0.637. The number of halogens is 1. The molecule has 0 saturated carbocycles. The van der Waals surface area contributed by atoms with Gasteiger partial charge in [0.2, 0.25) is 5.91 Å². The van der Waals surface area contributed by atoms with E-state index in [-0.39, 0.29) is 24.2 Å². The SMILES string of the molecule is CC[C@H](CNC(=O)Cc1c(C)noc1C)Oc1cccc(F)c1. The van der Waals surface area contributed by atoms with Crippen LogP contribution >= 0.6 is 0 Å². The van der Waals surface area contributed by atoms with Gasteiger partial charge in [-0.05, 0) is 32.4 Å². The first-order valence-electron chi connectivity index (χ1n) is 7.60. The fraction of sp³-hybridized carbons (Fsp3) is 0.412. The van der Waals surface area contributed by atoms with Crippen LogP contribution in [0.25, 0.3) is 0 Å². The number of amides is 1. The van der Waals surface area contributed by atoms with Gasteiger partial charge in [0.25, 0.3) is 0 Å². The van der Waals surface area contributed by atoms with Crippen molar-refractivity contribution in [1.82, 2.24) is 10.5 Å². The lowest BCUT2D eigenvalue weighted by atomic mass is 10.1. The summed E-state index contributed by atoms with van der Waals surface area (Å²) in [5, 5.41) is 6.66. The first-order chi connectivity index (χ1) is 11.0. The zero-order chi connectivity index (χ0) is 16.8. The second-order valence-corrected chi connectivity index (χ2v) is 5.39. The molecule has 1 heterocycles. The smallest absolute Gasteiger partial charge is 0.224 e. The van der Waals surface area contributed by atoms with Crippen LogP contribution in [0.5, 0.6) is 5.75 Å². The van der Waals surface area contributed by atoms with Gasteiger partial charge < -0.3 is 14.6 Å². The lowest BCUT2D eigenvalue weighted by Gasteiger charge is -2.18. The van der Waals surface area contributed by atoms with Crippen molar-refractivity contribution < 1.29 is 18.4 Å². The molecule has 1 aromatic heterocycles. The molecule has 1 amide bonds. The Morgan fingerprint density at radius 1 is 1.43 bits per heavy atom. The second-order valence-electron chi connectivity index (χ2n) is 5.39. The Morgan fingerprint density at radius 2 is 2.22 bits per heavy atom. The molecule has 1 aromatic carbocycles. The Morgan fingerprint density at radius 3 is 2.83 bits per heavy atom. The first-order valence-corrected chi connectivity index (χ1v) is 7.60. The number of rotatable bonds is 7. The molecule has 0 aliphatic carbocycles. The molecule has 5 nitrogen and oxygen atoms in total. The highest BCUT2D eigenvalue weighted by molar-refractivity contribution is 5.79. The van der Waals surface area contributed by atoms with E-state index in [1.807, 2.05) is 6.92 Å². The molecule has 2 aromatic rings. The molecule has 0 unspecified atom stereocenters. The van der Waals surface area contributed by atoms with Crippen molar-refractivity contribution in [2.45, 2.75) is 39.7 Å². The summed E-state index contributed by atoms with van der Waals surface area (Å²) < 4.78 is 23.9. The highest BCUT2D eigenvalue weighted by atomic mass is 19.1. The van der Waals surface area contributed by atoms with E-state index < -0.39 is 0 Å². The molecule has 0 aliphatic heterocycles. The van der Waals surface area contributed by atoms with Crippen molar-refractivity contribution in [2.75, 3.05) is 6.54 Å². The van der Waals surface area contributed by atoms with Gasteiger partial charge in [-0.2, -0.15) is 0 Å². The Kier molecular flexibility index (Phi) is 5.73. The van der Waals surface area contributed by atoms with E-state index in [9.17, 15) is 9.18 Å². The summed E-state index contributed by atoms with van der Waals surface area (Å²) in [6, 6.07) is 5.97. The van der Waals surface area contributed by atoms with Crippen molar-refractivity contribution in [3.05, 3.63) is 47.1 Å². The summed E-state index contributed by atoms with van der Waals surface area (Å²) in [6.07, 6.45) is 0.699. The molecule has 0 aliphatic rings. The zero-order valence-corrected chi connectivity index (χ0v) is 13.6. The van der Waals surface area contributed by atoms with Crippen LogP contribution in [0.2, 0.25) is 0 Å². The molecule has 0 bridgehead atoms. The number of carbonyl (C=O) groups excluding carboxylic acids is 1. The molecule has 2 rings (SSSR count). The van der Waals surface area contributed by atoms with Crippen LogP contribution in [0.3, 0.4) is 0 Å². The molecule has 6 heteroatoms. The molecule has 1 atom stereocenters. The molecular formula is C17H21FN2O3. The number of aryl methyl sites for hydroxylation is 2. The number of hydrogen-bond acceptors (Lipinski definition) is 4. The van der Waals surface area contributed by atoms with Crippen LogP contribution in [0.15, 0.2) is 28.8 Å². The van der Waals surface area contributed by atoms with Gasteiger partial charge in [0, 0.05) is 11.6 Å². The summed E-state index contributed by atoms with van der Waals surface area (Å²) >= 11 is 0. The topological polar surface area (TPSA) is 64.4 Å². The first kappa shape index (κ1) is 17.0. The number of nitrogens with one attached hydrogen (secondary N) is 1. The highest BCUT2D eigenvalue weighted by Gasteiger charge is 2.15. The van der Waals surface area contributed by atoms with Crippen LogP contribution in [0.1, 0.15) is 30.4 Å².